The lowest BCUT2D eigenvalue weighted by molar-refractivity contribution is -0.115. The van der Waals surface area contributed by atoms with Crippen LogP contribution < -0.4 is 10.2 Å². The fraction of sp³-hybridized carbons (Fsp3) is 0.261. The number of ether oxygens (including phenoxy) is 2. The molecule has 1 amide bonds. The largest absolute Gasteiger partial charge is 0.465 e. The van der Waals surface area contributed by atoms with E-state index in [0.29, 0.717) is 35.2 Å². The van der Waals surface area contributed by atoms with Gasteiger partial charge in [0.25, 0.3) is 0 Å². The number of amides is 1. The molecule has 7 nitrogen and oxygen atoms in total. The standard InChI is InChI=1S/C23H22FN3O4S/c1-30-23(29)19-13-18(27-7-9-31-10-8-27)5-6-20(19)26-21(28)12-17-14-32-22(25-17)15-3-2-4-16(24)11-15/h2-6,11,13-14H,7-10,12H2,1H3,(H,26,28). The molecule has 3 aromatic rings. The molecule has 1 aliphatic heterocycles. The van der Waals surface area contributed by atoms with Gasteiger partial charge in [-0.15, -0.1) is 11.3 Å². The monoisotopic (exact) mass is 455 g/mol. The number of esters is 1. The van der Waals surface area contributed by atoms with Crippen LogP contribution in [0.3, 0.4) is 0 Å². The van der Waals surface area contributed by atoms with Crippen molar-refractivity contribution in [3.8, 4) is 10.6 Å². The maximum atomic E-state index is 13.5. The second-order valence-electron chi connectivity index (χ2n) is 7.20. The normalized spacial score (nSPS) is 13.6. The van der Waals surface area contributed by atoms with Gasteiger partial charge >= 0.3 is 5.97 Å². The van der Waals surface area contributed by atoms with E-state index in [2.05, 4.69) is 15.2 Å². The number of nitrogens with zero attached hydrogens (tertiary/aromatic N) is 2. The molecular formula is C23H22FN3O4S. The summed E-state index contributed by atoms with van der Waals surface area (Å²) < 4.78 is 23.7. The third-order valence-corrected chi connectivity index (χ3v) is 5.96. The summed E-state index contributed by atoms with van der Waals surface area (Å²) in [5.41, 5.74) is 2.75. The van der Waals surface area contributed by atoms with E-state index in [1.807, 2.05) is 6.07 Å². The number of hydrogen-bond acceptors (Lipinski definition) is 7. The van der Waals surface area contributed by atoms with Gasteiger partial charge in [0.2, 0.25) is 5.91 Å². The molecular weight excluding hydrogens is 433 g/mol. The Morgan fingerprint density at radius 1 is 1.22 bits per heavy atom. The Morgan fingerprint density at radius 3 is 2.78 bits per heavy atom. The number of morpholine rings is 1. The van der Waals surface area contributed by atoms with Gasteiger partial charge in [0, 0.05) is 29.7 Å². The SMILES string of the molecule is COC(=O)c1cc(N2CCOCC2)ccc1NC(=O)Cc1csc(-c2cccc(F)c2)n1. The molecule has 0 radical (unpaired) electrons. The van der Waals surface area contributed by atoms with Gasteiger partial charge in [-0.2, -0.15) is 0 Å². The quantitative estimate of drug-likeness (QED) is 0.570. The zero-order valence-electron chi connectivity index (χ0n) is 17.5. The van der Waals surface area contributed by atoms with Gasteiger partial charge in [-0.1, -0.05) is 12.1 Å². The van der Waals surface area contributed by atoms with Crippen molar-refractivity contribution < 1.29 is 23.5 Å². The zero-order valence-corrected chi connectivity index (χ0v) is 18.3. The van der Waals surface area contributed by atoms with E-state index >= 15 is 0 Å². The van der Waals surface area contributed by atoms with E-state index < -0.39 is 5.97 Å². The second kappa shape index (κ2) is 9.88. The molecule has 0 unspecified atom stereocenters. The highest BCUT2D eigenvalue weighted by Crippen LogP contribution is 2.27. The summed E-state index contributed by atoms with van der Waals surface area (Å²) in [5, 5.41) is 5.19. The van der Waals surface area contributed by atoms with E-state index in [1.165, 1.54) is 30.6 Å². The van der Waals surface area contributed by atoms with E-state index in [0.717, 1.165) is 18.8 Å². The topological polar surface area (TPSA) is 80.8 Å². The van der Waals surface area contributed by atoms with E-state index in [4.69, 9.17) is 9.47 Å². The van der Waals surface area contributed by atoms with Crippen LogP contribution in [0.5, 0.6) is 0 Å². The second-order valence-corrected chi connectivity index (χ2v) is 8.06. The number of anilines is 2. The van der Waals surface area contributed by atoms with Gasteiger partial charge in [0.1, 0.15) is 10.8 Å². The molecule has 1 aliphatic rings. The molecule has 9 heteroatoms. The van der Waals surface area contributed by atoms with Crippen LogP contribution in [0.25, 0.3) is 10.6 Å². The number of carbonyl (C=O) groups is 2. The molecule has 2 aromatic carbocycles. The van der Waals surface area contributed by atoms with Crippen LogP contribution in [-0.4, -0.2) is 50.3 Å². The fourth-order valence-corrected chi connectivity index (χ4v) is 4.26. The number of methoxy groups -OCH3 is 1. The van der Waals surface area contributed by atoms with Crippen LogP contribution in [0.15, 0.2) is 47.8 Å². The van der Waals surface area contributed by atoms with Gasteiger partial charge in [0.05, 0.1) is 43.7 Å². The first-order valence-corrected chi connectivity index (χ1v) is 11.0. The highest BCUT2D eigenvalue weighted by Gasteiger charge is 2.19. The Kier molecular flexibility index (Phi) is 6.77. The summed E-state index contributed by atoms with van der Waals surface area (Å²) in [5.74, 6) is -1.18. The summed E-state index contributed by atoms with van der Waals surface area (Å²) in [6.07, 6.45) is 0.0254. The predicted octanol–water partition coefficient (Wildman–Crippen LogP) is 3.75. The lowest BCUT2D eigenvalue weighted by Crippen LogP contribution is -2.36. The van der Waals surface area contributed by atoms with Crippen LogP contribution >= 0.6 is 11.3 Å². The highest BCUT2D eigenvalue weighted by molar-refractivity contribution is 7.13. The number of hydrogen-bond donors (Lipinski definition) is 1. The maximum Gasteiger partial charge on any atom is 0.340 e. The predicted molar refractivity (Wildman–Crippen MR) is 121 cm³/mol. The lowest BCUT2D eigenvalue weighted by atomic mass is 10.1. The van der Waals surface area contributed by atoms with Gasteiger partial charge in [-0.05, 0) is 30.3 Å². The summed E-state index contributed by atoms with van der Waals surface area (Å²) in [6, 6.07) is 11.4. The van der Waals surface area contributed by atoms with Crippen molar-refractivity contribution in [2.45, 2.75) is 6.42 Å². The van der Waals surface area contributed by atoms with Gasteiger partial charge in [-0.3, -0.25) is 4.79 Å². The Hall–Kier alpha value is -3.30. The summed E-state index contributed by atoms with van der Waals surface area (Å²) in [6.45, 7) is 2.70. The van der Waals surface area contributed by atoms with Crippen molar-refractivity contribution >= 4 is 34.6 Å². The van der Waals surface area contributed by atoms with E-state index in [1.54, 1.807) is 29.6 Å². The lowest BCUT2D eigenvalue weighted by Gasteiger charge is -2.29. The molecule has 4 rings (SSSR count). The summed E-state index contributed by atoms with van der Waals surface area (Å²) >= 11 is 1.34. The molecule has 1 aromatic heterocycles. The molecule has 2 heterocycles. The molecule has 32 heavy (non-hydrogen) atoms. The van der Waals surface area contributed by atoms with Gasteiger partial charge in [-0.25, -0.2) is 14.2 Å². The van der Waals surface area contributed by atoms with E-state index in [9.17, 15) is 14.0 Å². The molecule has 1 saturated heterocycles. The number of benzene rings is 2. The van der Waals surface area contributed by atoms with Gasteiger partial charge < -0.3 is 19.7 Å². The minimum absolute atomic E-state index is 0.0254. The average Bonchev–Trinajstić information content (AvgIpc) is 3.27. The number of aromatic nitrogens is 1. The molecule has 1 N–H and O–H groups in total. The maximum absolute atomic E-state index is 13.5. The molecule has 1 fully saturated rings. The van der Waals surface area contributed by atoms with Crippen LogP contribution in [0.2, 0.25) is 0 Å². The Balaban J connectivity index is 1.48. The van der Waals surface area contributed by atoms with Crippen LogP contribution in [-0.2, 0) is 20.7 Å². The van der Waals surface area contributed by atoms with Crippen molar-refractivity contribution in [3.63, 3.8) is 0 Å². The third-order valence-electron chi connectivity index (χ3n) is 5.02. The number of thiazole rings is 1. The smallest absolute Gasteiger partial charge is 0.340 e. The number of rotatable bonds is 6. The summed E-state index contributed by atoms with van der Waals surface area (Å²) in [7, 11) is 1.30. The first kappa shape index (κ1) is 21.9. The van der Waals surface area contributed by atoms with Crippen molar-refractivity contribution in [2.24, 2.45) is 0 Å². The Morgan fingerprint density at radius 2 is 2.03 bits per heavy atom. The average molecular weight is 456 g/mol. The van der Waals surface area contributed by atoms with Crippen molar-refractivity contribution in [1.29, 1.82) is 0 Å². The number of carbonyl (C=O) groups excluding carboxylic acids is 2. The molecule has 0 bridgehead atoms. The van der Waals surface area contributed by atoms with Crippen molar-refractivity contribution in [1.82, 2.24) is 4.98 Å². The van der Waals surface area contributed by atoms with Gasteiger partial charge in [0.15, 0.2) is 0 Å². The minimum Gasteiger partial charge on any atom is -0.465 e. The van der Waals surface area contributed by atoms with Crippen LogP contribution in [0, 0.1) is 5.82 Å². The number of nitrogens with one attached hydrogen (secondary N) is 1. The van der Waals surface area contributed by atoms with Crippen molar-refractivity contribution in [2.75, 3.05) is 43.6 Å². The van der Waals surface area contributed by atoms with Crippen LogP contribution in [0.1, 0.15) is 16.1 Å². The number of halogens is 1. The molecule has 0 saturated carbocycles. The minimum atomic E-state index is -0.530. The Labute approximate surface area is 188 Å². The molecule has 0 spiro atoms. The molecule has 166 valence electrons. The fourth-order valence-electron chi connectivity index (χ4n) is 3.44. The highest BCUT2D eigenvalue weighted by atomic mass is 32.1. The van der Waals surface area contributed by atoms with Crippen LogP contribution in [0.4, 0.5) is 15.8 Å². The molecule has 0 atom stereocenters. The zero-order chi connectivity index (χ0) is 22.5. The third kappa shape index (κ3) is 5.12. The first-order chi connectivity index (χ1) is 15.5. The molecule has 0 aliphatic carbocycles. The summed E-state index contributed by atoms with van der Waals surface area (Å²) in [4.78, 5) is 31.5. The van der Waals surface area contributed by atoms with Crippen molar-refractivity contribution in [3.05, 3.63) is 64.9 Å². The van der Waals surface area contributed by atoms with E-state index in [-0.39, 0.29) is 23.7 Å². The Bertz CT molecular complexity index is 1130. The first-order valence-electron chi connectivity index (χ1n) is 10.1.